The number of carbonyl (C=O) groups excluding carboxylic acids is 2. The number of hydrogen-bond acceptors (Lipinski definition) is 3. The van der Waals surface area contributed by atoms with Crippen molar-refractivity contribution in [3.63, 3.8) is 0 Å². The molecule has 2 aromatic carbocycles. The molecule has 1 aliphatic rings. The van der Waals surface area contributed by atoms with E-state index >= 15 is 0 Å². The largest absolute Gasteiger partial charge is 0.372 e. The van der Waals surface area contributed by atoms with Crippen LogP contribution in [0.4, 0.5) is 17.1 Å². The Morgan fingerprint density at radius 2 is 1.33 bits per heavy atom. The highest BCUT2D eigenvalue weighted by Gasteiger charge is 2.56. The van der Waals surface area contributed by atoms with Gasteiger partial charge in [-0.1, -0.05) is 11.6 Å². The SMILES string of the molecule is CCN(CC)c1ccc(NC(=O)C2(C(=O)Nc3ccc(Cl)cc3)CC2)cc1. The number of hydrogen-bond donors (Lipinski definition) is 2. The van der Waals surface area contributed by atoms with Crippen molar-refractivity contribution in [2.45, 2.75) is 26.7 Å². The summed E-state index contributed by atoms with van der Waals surface area (Å²) in [5.74, 6) is -0.536. The molecular weight excluding hydrogens is 362 g/mol. The van der Waals surface area contributed by atoms with Crippen molar-refractivity contribution in [2.75, 3.05) is 28.6 Å². The van der Waals surface area contributed by atoms with E-state index in [0.717, 1.165) is 18.8 Å². The third-order valence-corrected chi connectivity index (χ3v) is 5.23. The first kappa shape index (κ1) is 19.2. The van der Waals surface area contributed by atoms with E-state index in [1.54, 1.807) is 24.3 Å². The van der Waals surface area contributed by atoms with Crippen molar-refractivity contribution in [1.29, 1.82) is 0 Å². The summed E-state index contributed by atoms with van der Waals surface area (Å²) in [7, 11) is 0. The number of nitrogens with zero attached hydrogens (tertiary/aromatic N) is 1. The fourth-order valence-corrected chi connectivity index (χ4v) is 3.19. The van der Waals surface area contributed by atoms with Crippen molar-refractivity contribution in [3.05, 3.63) is 53.6 Å². The normalized spacial score (nSPS) is 14.3. The molecule has 2 aromatic rings. The lowest BCUT2D eigenvalue weighted by molar-refractivity contribution is -0.131. The Morgan fingerprint density at radius 3 is 1.74 bits per heavy atom. The molecule has 1 aliphatic carbocycles. The molecule has 142 valence electrons. The number of rotatable bonds is 7. The highest BCUT2D eigenvalue weighted by molar-refractivity contribution is 6.30. The number of anilines is 3. The molecule has 0 spiro atoms. The third kappa shape index (κ3) is 4.25. The van der Waals surface area contributed by atoms with Gasteiger partial charge in [-0.15, -0.1) is 0 Å². The van der Waals surface area contributed by atoms with Crippen molar-refractivity contribution in [2.24, 2.45) is 5.41 Å². The summed E-state index contributed by atoms with van der Waals surface area (Å²) in [6.07, 6.45) is 1.10. The maximum atomic E-state index is 12.7. The molecule has 2 amide bonds. The minimum absolute atomic E-state index is 0.260. The van der Waals surface area contributed by atoms with Gasteiger partial charge in [0.15, 0.2) is 0 Å². The van der Waals surface area contributed by atoms with E-state index < -0.39 is 5.41 Å². The van der Waals surface area contributed by atoms with Gasteiger partial charge in [-0.05, 0) is 75.2 Å². The van der Waals surface area contributed by atoms with Crippen LogP contribution in [0.25, 0.3) is 0 Å². The fraction of sp³-hybridized carbons (Fsp3) is 0.333. The molecule has 27 heavy (non-hydrogen) atoms. The van der Waals surface area contributed by atoms with Gasteiger partial charge in [0.2, 0.25) is 11.8 Å². The Labute approximate surface area is 164 Å². The smallest absolute Gasteiger partial charge is 0.240 e. The zero-order chi connectivity index (χ0) is 19.4. The van der Waals surface area contributed by atoms with Crippen molar-refractivity contribution in [1.82, 2.24) is 0 Å². The lowest BCUT2D eigenvalue weighted by Gasteiger charge is -2.21. The van der Waals surface area contributed by atoms with Crippen molar-refractivity contribution >= 4 is 40.5 Å². The first-order valence-electron chi connectivity index (χ1n) is 9.22. The number of benzene rings is 2. The Kier molecular flexibility index (Phi) is 5.71. The van der Waals surface area contributed by atoms with Crippen LogP contribution >= 0.6 is 11.6 Å². The summed E-state index contributed by atoms with van der Waals surface area (Å²) in [4.78, 5) is 27.6. The van der Waals surface area contributed by atoms with E-state index in [4.69, 9.17) is 11.6 Å². The Balaban J connectivity index is 1.64. The number of carbonyl (C=O) groups is 2. The zero-order valence-corrected chi connectivity index (χ0v) is 16.3. The molecule has 0 heterocycles. The number of amides is 2. The van der Waals surface area contributed by atoms with Crippen LogP contribution in [0.1, 0.15) is 26.7 Å². The van der Waals surface area contributed by atoms with Gasteiger partial charge in [0.05, 0.1) is 0 Å². The van der Waals surface area contributed by atoms with Gasteiger partial charge >= 0.3 is 0 Å². The third-order valence-electron chi connectivity index (χ3n) is 4.98. The van der Waals surface area contributed by atoms with Crippen LogP contribution in [0.5, 0.6) is 0 Å². The summed E-state index contributed by atoms with van der Waals surface area (Å²) in [6.45, 7) is 6.07. The molecule has 0 aliphatic heterocycles. The summed E-state index contributed by atoms with van der Waals surface area (Å²) in [5.41, 5.74) is 1.45. The fourth-order valence-electron chi connectivity index (χ4n) is 3.06. The van der Waals surface area contributed by atoms with Crippen LogP contribution in [-0.4, -0.2) is 24.9 Å². The van der Waals surface area contributed by atoms with E-state index in [0.29, 0.717) is 29.2 Å². The van der Waals surface area contributed by atoms with Gasteiger partial charge in [0.25, 0.3) is 0 Å². The molecule has 1 saturated carbocycles. The van der Waals surface area contributed by atoms with Crippen LogP contribution < -0.4 is 15.5 Å². The van der Waals surface area contributed by atoms with Crippen LogP contribution in [0.15, 0.2) is 48.5 Å². The van der Waals surface area contributed by atoms with Crippen molar-refractivity contribution in [3.8, 4) is 0 Å². The van der Waals surface area contributed by atoms with E-state index in [1.165, 1.54) is 0 Å². The van der Waals surface area contributed by atoms with E-state index in [2.05, 4.69) is 29.4 Å². The zero-order valence-electron chi connectivity index (χ0n) is 15.6. The van der Waals surface area contributed by atoms with Crippen LogP contribution in [-0.2, 0) is 9.59 Å². The molecular formula is C21H24ClN3O2. The van der Waals surface area contributed by atoms with Gasteiger partial charge in [-0.3, -0.25) is 9.59 Å². The van der Waals surface area contributed by atoms with Crippen LogP contribution in [0, 0.1) is 5.41 Å². The minimum atomic E-state index is -0.989. The maximum absolute atomic E-state index is 12.7. The molecule has 2 N–H and O–H groups in total. The average molecular weight is 386 g/mol. The minimum Gasteiger partial charge on any atom is -0.372 e. The summed E-state index contributed by atoms with van der Waals surface area (Å²) in [5, 5.41) is 6.29. The topological polar surface area (TPSA) is 61.4 Å². The first-order chi connectivity index (χ1) is 13.0. The number of nitrogens with one attached hydrogen (secondary N) is 2. The van der Waals surface area contributed by atoms with E-state index in [-0.39, 0.29) is 11.8 Å². The second kappa shape index (κ2) is 8.01. The molecule has 0 aromatic heterocycles. The maximum Gasteiger partial charge on any atom is 0.240 e. The first-order valence-corrected chi connectivity index (χ1v) is 9.60. The molecule has 0 unspecified atom stereocenters. The number of halogens is 1. The molecule has 1 fully saturated rings. The van der Waals surface area contributed by atoms with Crippen LogP contribution in [0.2, 0.25) is 5.02 Å². The molecule has 6 heteroatoms. The van der Waals surface area contributed by atoms with Gasteiger partial charge < -0.3 is 15.5 Å². The average Bonchev–Trinajstić information content (AvgIpc) is 3.48. The second-order valence-corrected chi connectivity index (χ2v) is 7.15. The Hall–Kier alpha value is -2.53. The molecule has 0 atom stereocenters. The summed E-state index contributed by atoms with van der Waals surface area (Å²) >= 11 is 5.86. The summed E-state index contributed by atoms with van der Waals surface area (Å²) < 4.78 is 0. The molecule has 3 rings (SSSR count). The van der Waals surface area contributed by atoms with Gasteiger partial charge in [0, 0.05) is 35.2 Å². The predicted octanol–water partition coefficient (Wildman–Crippen LogP) is 4.54. The highest BCUT2D eigenvalue weighted by atomic mass is 35.5. The second-order valence-electron chi connectivity index (χ2n) is 6.72. The summed E-state index contributed by atoms with van der Waals surface area (Å²) in [6, 6.07) is 14.6. The molecule has 0 bridgehead atoms. The van der Waals surface area contributed by atoms with E-state index in [1.807, 2.05) is 24.3 Å². The van der Waals surface area contributed by atoms with Gasteiger partial charge in [-0.25, -0.2) is 0 Å². The van der Waals surface area contributed by atoms with Crippen LogP contribution in [0.3, 0.4) is 0 Å². The molecule has 0 radical (unpaired) electrons. The quantitative estimate of drug-likeness (QED) is 0.687. The van der Waals surface area contributed by atoms with Gasteiger partial charge in [0.1, 0.15) is 5.41 Å². The lowest BCUT2D eigenvalue weighted by Crippen LogP contribution is -2.35. The highest BCUT2D eigenvalue weighted by Crippen LogP contribution is 2.47. The predicted molar refractivity (Wildman–Crippen MR) is 110 cm³/mol. The lowest BCUT2D eigenvalue weighted by atomic mass is 10.0. The molecule has 5 nitrogen and oxygen atoms in total. The Bertz CT molecular complexity index is 810. The standard InChI is InChI=1S/C21H24ClN3O2/c1-3-25(4-2)18-11-9-17(10-12-18)24-20(27)21(13-14-21)19(26)23-16-7-5-15(22)6-8-16/h5-12H,3-4,13-14H2,1-2H3,(H,23,26)(H,24,27). The van der Waals surface area contributed by atoms with Gasteiger partial charge in [-0.2, -0.15) is 0 Å². The monoisotopic (exact) mass is 385 g/mol. The van der Waals surface area contributed by atoms with E-state index in [9.17, 15) is 9.59 Å². The molecule has 0 saturated heterocycles. The van der Waals surface area contributed by atoms with Crippen molar-refractivity contribution < 1.29 is 9.59 Å². The Morgan fingerprint density at radius 1 is 0.889 bits per heavy atom.